The second-order valence-corrected chi connectivity index (χ2v) is 5.85. The fraction of sp³-hybridized carbons (Fsp3) is 0.562. The van der Waals surface area contributed by atoms with Crippen LogP contribution in [0, 0.1) is 5.41 Å². The number of nitrogens with two attached hydrogens (primary N) is 1. The van der Waals surface area contributed by atoms with Gasteiger partial charge in [-0.15, -0.1) is 0 Å². The molecule has 4 heteroatoms. The predicted octanol–water partition coefficient (Wildman–Crippen LogP) is 3.03. The molecule has 110 valence electrons. The van der Waals surface area contributed by atoms with Crippen LogP contribution in [0.4, 0.5) is 0 Å². The number of hydrogen-bond acceptors (Lipinski definition) is 3. The molecule has 0 bridgehead atoms. The van der Waals surface area contributed by atoms with E-state index in [2.05, 4.69) is 29.5 Å². The van der Waals surface area contributed by atoms with Crippen LogP contribution in [0.3, 0.4) is 0 Å². The van der Waals surface area contributed by atoms with E-state index in [9.17, 15) is 0 Å². The Bertz CT molecular complexity index is 435. The van der Waals surface area contributed by atoms with E-state index in [1.165, 1.54) is 31.2 Å². The van der Waals surface area contributed by atoms with Gasteiger partial charge in [0.1, 0.15) is 5.84 Å². The quantitative estimate of drug-likeness (QED) is 0.310. The summed E-state index contributed by atoms with van der Waals surface area (Å²) in [5.74, 6) is 0.269. The number of rotatable bonds is 7. The van der Waals surface area contributed by atoms with Crippen LogP contribution >= 0.6 is 0 Å². The smallest absolute Gasteiger partial charge is 0.141 e. The van der Waals surface area contributed by atoms with Gasteiger partial charge in [0.2, 0.25) is 0 Å². The Hall–Kier alpha value is -1.55. The van der Waals surface area contributed by atoms with Crippen LogP contribution in [-0.4, -0.2) is 17.6 Å². The topological polar surface area (TPSA) is 70.6 Å². The Morgan fingerprint density at radius 3 is 2.60 bits per heavy atom. The lowest BCUT2D eigenvalue weighted by Crippen LogP contribution is -2.41. The molecule has 20 heavy (non-hydrogen) atoms. The van der Waals surface area contributed by atoms with Crippen molar-refractivity contribution in [2.24, 2.45) is 16.3 Å². The average Bonchev–Trinajstić information content (AvgIpc) is 2.46. The van der Waals surface area contributed by atoms with Crippen molar-refractivity contribution in [1.82, 2.24) is 5.32 Å². The highest BCUT2D eigenvalue weighted by Crippen LogP contribution is 2.43. The van der Waals surface area contributed by atoms with Gasteiger partial charge in [-0.3, -0.25) is 0 Å². The van der Waals surface area contributed by atoms with E-state index in [1.54, 1.807) is 0 Å². The van der Waals surface area contributed by atoms with Crippen LogP contribution in [0.5, 0.6) is 0 Å². The minimum atomic E-state index is 0.108. The lowest BCUT2D eigenvalue weighted by molar-refractivity contribution is 0.119. The van der Waals surface area contributed by atoms with Gasteiger partial charge >= 0.3 is 0 Å². The molecule has 0 aliphatic heterocycles. The number of hydrogen-bond donors (Lipinski definition) is 3. The van der Waals surface area contributed by atoms with Gasteiger partial charge in [-0.25, -0.2) is 0 Å². The van der Waals surface area contributed by atoms with Gasteiger partial charge in [0, 0.05) is 19.0 Å². The first-order chi connectivity index (χ1) is 9.69. The Balaban J connectivity index is 2.03. The van der Waals surface area contributed by atoms with E-state index in [0.29, 0.717) is 11.8 Å². The lowest BCUT2D eigenvalue weighted by atomic mass is 9.67. The van der Waals surface area contributed by atoms with Crippen molar-refractivity contribution < 1.29 is 5.21 Å². The number of nitrogens with one attached hydrogen (secondary N) is 1. The second-order valence-electron chi connectivity index (χ2n) is 5.85. The molecule has 4 N–H and O–H groups in total. The molecule has 2 rings (SSSR count). The summed E-state index contributed by atoms with van der Waals surface area (Å²) in [5.41, 5.74) is 7.33. The molecule has 0 saturated heterocycles. The Labute approximate surface area is 121 Å². The highest BCUT2D eigenvalue weighted by molar-refractivity contribution is 5.80. The fourth-order valence-electron chi connectivity index (χ4n) is 2.91. The maximum Gasteiger partial charge on any atom is 0.141 e. The third-order valence-electron chi connectivity index (χ3n) is 4.63. The van der Waals surface area contributed by atoms with Crippen molar-refractivity contribution in [3.05, 3.63) is 35.9 Å². The third-order valence-corrected chi connectivity index (χ3v) is 4.63. The van der Waals surface area contributed by atoms with E-state index in [0.717, 1.165) is 6.54 Å². The van der Waals surface area contributed by atoms with Crippen molar-refractivity contribution in [2.75, 3.05) is 6.54 Å². The van der Waals surface area contributed by atoms with Gasteiger partial charge in [-0.1, -0.05) is 48.8 Å². The van der Waals surface area contributed by atoms with Gasteiger partial charge in [-0.05, 0) is 30.2 Å². The van der Waals surface area contributed by atoms with Gasteiger partial charge in [0.25, 0.3) is 0 Å². The first kappa shape index (κ1) is 14.9. The summed E-state index contributed by atoms with van der Waals surface area (Å²) in [4.78, 5) is 0. The highest BCUT2D eigenvalue weighted by Gasteiger charge is 2.35. The number of oxime groups is 1. The zero-order chi connectivity index (χ0) is 14.4. The number of amidine groups is 1. The van der Waals surface area contributed by atoms with Crippen LogP contribution in [0.15, 0.2) is 35.5 Å². The van der Waals surface area contributed by atoms with Crippen LogP contribution in [0.25, 0.3) is 0 Å². The zero-order valence-electron chi connectivity index (χ0n) is 12.2. The Kier molecular flexibility index (Phi) is 5.01. The molecule has 1 aliphatic rings. The van der Waals surface area contributed by atoms with E-state index >= 15 is 0 Å². The van der Waals surface area contributed by atoms with E-state index < -0.39 is 0 Å². The minimum Gasteiger partial charge on any atom is -0.409 e. The number of nitrogens with zero attached hydrogens (tertiary/aromatic N) is 1. The molecule has 1 saturated carbocycles. The minimum absolute atomic E-state index is 0.108. The molecule has 0 radical (unpaired) electrons. The monoisotopic (exact) mass is 275 g/mol. The summed E-state index contributed by atoms with van der Waals surface area (Å²) in [6.45, 7) is 3.27. The lowest BCUT2D eigenvalue weighted by Gasteiger charge is -2.42. The van der Waals surface area contributed by atoms with E-state index in [1.807, 2.05) is 18.2 Å². The molecule has 0 aromatic heterocycles. The fourth-order valence-corrected chi connectivity index (χ4v) is 2.91. The first-order valence-electron chi connectivity index (χ1n) is 7.44. The van der Waals surface area contributed by atoms with Gasteiger partial charge in [-0.2, -0.15) is 0 Å². The molecule has 1 atom stereocenters. The molecule has 1 aromatic carbocycles. The first-order valence-corrected chi connectivity index (χ1v) is 7.44. The summed E-state index contributed by atoms with van der Waals surface area (Å²) in [5, 5.41) is 15.5. The van der Waals surface area contributed by atoms with Crippen LogP contribution in [0.2, 0.25) is 0 Å². The summed E-state index contributed by atoms with van der Waals surface area (Å²) in [6.07, 6.45) is 5.69. The molecule has 0 spiro atoms. The van der Waals surface area contributed by atoms with Gasteiger partial charge < -0.3 is 16.3 Å². The summed E-state index contributed by atoms with van der Waals surface area (Å²) < 4.78 is 0. The Morgan fingerprint density at radius 2 is 2.10 bits per heavy atom. The molecule has 1 fully saturated rings. The molecular formula is C16H25N3O. The maximum absolute atomic E-state index is 8.80. The van der Waals surface area contributed by atoms with Gasteiger partial charge in [0.15, 0.2) is 0 Å². The molecule has 0 amide bonds. The molecule has 0 heterocycles. The predicted molar refractivity (Wildman–Crippen MR) is 81.8 cm³/mol. The van der Waals surface area contributed by atoms with Crippen molar-refractivity contribution in [2.45, 2.75) is 45.1 Å². The Morgan fingerprint density at radius 1 is 1.40 bits per heavy atom. The van der Waals surface area contributed by atoms with Crippen molar-refractivity contribution in [3.63, 3.8) is 0 Å². The second kappa shape index (κ2) is 6.75. The summed E-state index contributed by atoms with van der Waals surface area (Å²) >= 11 is 0. The molecule has 1 aliphatic carbocycles. The molecule has 4 nitrogen and oxygen atoms in total. The number of benzene rings is 1. The van der Waals surface area contributed by atoms with Crippen molar-refractivity contribution in [1.29, 1.82) is 0 Å². The van der Waals surface area contributed by atoms with Crippen LogP contribution < -0.4 is 11.1 Å². The van der Waals surface area contributed by atoms with Gasteiger partial charge in [0.05, 0.1) is 0 Å². The molecular weight excluding hydrogens is 250 g/mol. The van der Waals surface area contributed by atoms with Crippen molar-refractivity contribution in [3.8, 4) is 0 Å². The third kappa shape index (κ3) is 3.51. The summed E-state index contributed by atoms with van der Waals surface area (Å²) in [6, 6.07) is 10.3. The molecule has 1 aromatic rings. The molecule has 1 unspecified atom stereocenters. The van der Waals surface area contributed by atoms with Crippen LogP contribution in [0.1, 0.15) is 50.6 Å². The SMILES string of the molecule is CCC1(CNC(C/C(N)=N/O)c2ccccc2)CCC1. The van der Waals surface area contributed by atoms with E-state index in [4.69, 9.17) is 10.9 Å². The van der Waals surface area contributed by atoms with Crippen LogP contribution in [-0.2, 0) is 0 Å². The maximum atomic E-state index is 8.80. The summed E-state index contributed by atoms with van der Waals surface area (Å²) in [7, 11) is 0. The average molecular weight is 275 g/mol. The zero-order valence-corrected chi connectivity index (χ0v) is 12.2. The normalized spacial score (nSPS) is 19.4. The standard InChI is InChI=1S/C16H25N3O/c1-2-16(9-6-10-16)12-18-14(11-15(17)19-20)13-7-4-3-5-8-13/h3-5,7-8,14,18,20H,2,6,9-12H2,1H3,(H2,17,19). The van der Waals surface area contributed by atoms with Crippen molar-refractivity contribution >= 4 is 5.84 Å². The highest BCUT2D eigenvalue weighted by atomic mass is 16.4. The van der Waals surface area contributed by atoms with E-state index in [-0.39, 0.29) is 11.9 Å². The largest absolute Gasteiger partial charge is 0.409 e.